The molecule has 0 radical (unpaired) electrons. The van der Waals surface area contributed by atoms with Crippen molar-refractivity contribution in [1.82, 2.24) is 10.2 Å². The number of piperazine rings is 1. The van der Waals surface area contributed by atoms with Gasteiger partial charge in [-0.3, -0.25) is 14.9 Å². The minimum absolute atomic E-state index is 0.147. The van der Waals surface area contributed by atoms with Gasteiger partial charge >= 0.3 is 5.97 Å². The normalized spacial score (nSPS) is 19.6. The lowest BCUT2D eigenvalue weighted by molar-refractivity contribution is -0.153. The predicted octanol–water partition coefficient (Wildman–Crippen LogP) is 2.89. The average Bonchev–Trinajstić information content (AvgIpc) is 2.92. The van der Waals surface area contributed by atoms with Crippen LogP contribution >= 0.6 is 11.6 Å². The molecule has 37 heavy (non-hydrogen) atoms. The van der Waals surface area contributed by atoms with Gasteiger partial charge in [-0.1, -0.05) is 11.6 Å². The second-order valence-corrected chi connectivity index (χ2v) is 8.96. The Morgan fingerprint density at radius 2 is 1.59 bits per heavy atom. The van der Waals surface area contributed by atoms with E-state index >= 15 is 0 Å². The van der Waals surface area contributed by atoms with Crippen molar-refractivity contribution in [3.8, 4) is 17.2 Å². The fraction of sp³-hybridized carbons (Fsp3) is 0.423. The maximum atomic E-state index is 13.3. The van der Waals surface area contributed by atoms with Crippen molar-refractivity contribution >= 4 is 35.1 Å². The molecule has 0 bridgehead atoms. The van der Waals surface area contributed by atoms with Crippen LogP contribution < -0.4 is 24.4 Å². The number of hydrogen-bond acceptors (Lipinski definition) is 9. The second kappa shape index (κ2) is 11.6. The number of methoxy groups -OCH3 is 3. The van der Waals surface area contributed by atoms with Gasteiger partial charge in [0.1, 0.15) is 6.04 Å². The van der Waals surface area contributed by atoms with Crippen molar-refractivity contribution < 1.29 is 28.5 Å². The van der Waals surface area contributed by atoms with E-state index in [9.17, 15) is 9.59 Å². The Balaban J connectivity index is 1.65. The first-order chi connectivity index (χ1) is 17.9. The number of rotatable bonds is 7. The van der Waals surface area contributed by atoms with Gasteiger partial charge in [0.05, 0.1) is 27.9 Å². The van der Waals surface area contributed by atoms with Gasteiger partial charge in [-0.05, 0) is 48.9 Å². The first-order valence-corrected chi connectivity index (χ1v) is 12.4. The number of ether oxygens (including phenoxy) is 4. The zero-order valence-electron chi connectivity index (χ0n) is 21.3. The molecule has 10 nitrogen and oxygen atoms in total. The molecular formula is C26H31ClN4O6. The van der Waals surface area contributed by atoms with Gasteiger partial charge in [-0.2, -0.15) is 0 Å². The van der Waals surface area contributed by atoms with E-state index in [0.29, 0.717) is 46.9 Å². The van der Waals surface area contributed by atoms with E-state index in [2.05, 4.69) is 10.2 Å². The van der Waals surface area contributed by atoms with Crippen LogP contribution in [0.25, 0.3) is 0 Å². The van der Waals surface area contributed by atoms with Crippen LogP contribution in [0.2, 0.25) is 5.02 Å². The third-order valence-corrected chi connectivity index (χ3v) is 6.69. The minimum Gasteiger partial charge on any atom is -0.493 e. The van der Waals surface area contributed by atoms with Crippen molar-refractivity contribution in [3.63, 3.8) is 0 Å². The molecule has 1 saturated heterocycles. The Kier molecular flexibility index (Phi) is 8.27. The molecule has 0 aliphatic carbocycles. The monoisotopic (exact) mass is 530 g/mol. The molecule has 2 aromatic rings. The molecule has 2 aromatic carbocycles. The highest BCUT2D eigenvalue weighted by molar-refractivity contribution is 6.30. The van der Waals surface area contributed by atoms with Gasteiger partial charge < -0.3 is 28.7 Å². The predicted molar refractivity (Wildman–Crippen MR) is 140 cm³/mol. The Morgan fingerprint density at radius 3 is 2.14 bits per heavy atom. The number of nitrogens with one attached hydrogen (secondary N) is 1. The first-order valence-electron chi connectivity index (χ1n) is 12.0. The lowest BCUT2D eigenvalue weighted by Crippen LogP contribution is -2.57. The molecule has 2 heterocycles. The third-order valence-electron chi connectivity index (χ3n) is 6.43. The van der Waals surface area contributed by atoms with Crippen LogP contribution in [0.1, 0.15) is 18.5 Å². The van der Waals surface area contributed by atoms with Gasteiger partial charge in [-0.15, -0.1) is 0 Å². The van der Waals surface area contributed by atoms with E-state index < -0.39 is 23.8 Å². The van der Waals surface area contributed by atoms with Gasteiger partial charge in [-0.25, -0.2) is 4.99 Å². The van der Waals surface area contributed by atoms with Crippen molar-refractivity contribution in [2.75, 3.05) is 59.0 Å². The quantitative estimate of drug-likeness (QED) is 0.431. The summed E-state index contributed by atoms with van der Waals surface area (Å²) in [4.78, 5) is 35.2. The Bertz CT molecular complexity index is 1140. The van der Waals surface area contributed by atoms with Gasteiger partial charge in [0, 0.05) is 36.9 Å². The van der Waals surface area contributed by atoms with Crippen LogP contribution in [0.5, 0.6) is 17.2 Å². The van der Waals surface area contributed by atoms with Crippen LogP contribution in [-0.2, 0) is 14.3 Å². The second-order valence-electron chi connectivity index (χ2n) is 8.53. The molecule has 0 unspecified atom stereocenters. The van der Waals surface area contributed by atoms with E-state index in [1.54, 1.807) is 19.1 Å². The van der Waals surface area contributed by atoms with E-state index in [-0.39, 0.29) is 6.61 Å². The minimum atomic E-state index is -1.16. The summed E-state index contributed by atoms with van der Waals surface area (Å²) in [5.41, 5.74) is 1.65. The molecule has 198 valence electrons. The molecule has 2 atom stereocenters. The first kappa shape index (κ1) is 26.4. The number of halogens is 1. The summed E-state index contributed by atoms with van der Waals surface area (Å²) in [5, 5.41) is 3.52. The fourth-order valence-electron chi connectivity index (χ4n) is 4.57. The Morgan fingerprint density at radius 1 is 1.00 bits per heavy atom. The number of carbonyl (C=O) groups excluding carboxylic acids is 2. The molecular weight excluding hydrogens is 500 g/mol. The van der Waals surface area contributed by atoms with E-state index in [4.69, 9.17) is 35.5 Å². The highest BCUT2D eigenvalue weighted by Crippen LogP contribution is 2.42. The molecule has 4 rings (SSSR count). The fourth-order valence-corrected chi connectivity index (χ4v) is 4.69. The highest BCUT2D eigenvalue weighted by atomic mass is 35.5. The molecule has 1 N–H and O–H groups in total. The summed E-state index contributed by atoms with van der Waals surface area (Å²) in [5.74, 6) is -0.653. The summed E-state index contributed by atoms with van der Waals surface area (Å²) in [7, 11) is 4.52. The number of aliphatic imine (C=N–C) groups is 1. The Hall–Kier alpha value is -3.66. The lowest BCUT2D eigenvalue weighted by Gasteiger charge is -2.39. The summed E-state index contributed by atoms with van der Waals surface area (Å²) in [6.45, 7) is 4.57. The molecule has 2 aliphatic rings. The number of amides is 1. The smallest absolute Gasteiger partial charge is 0.321 e. The summed E-state index contributed by atoms with van der Waals surface area (Å²) >= 11 is 6.02. The zero-order valence-corrected chi connectivity index (χ0v) is 22.1. The van der Waals surface area contributed by atoms with Crippen molar-refractivity contribution in [2.45, 2.75) is 13.0 Å². The lowest BCUT2D eigenvalue weighted by atomic mass is 9.90. The molecule has 1 fully saturated rings. The average molecular weight is 531 g/mol. The van der Waals surface area contributed by atoms with Gasteiger partial charge in [0.25, 0.3) is 0 Å². The van der Waals surface area contributed by atoms with E-state index in [0.717, 1.165) is 18.8 Å². The van der Waals surface area contributed by atoms with Crippen molar-refractivity contribution in [1.29, 1.82) is 0 Å². The number of hydrogen-bond donors (Lipinski definition) is 1. The summed E-state index contributed by atoms with van der Waals surface area (Å²) in [6, 6.07) is 10.3. The number of guanidine groups is 1. The standard InChI is InChI=1S/C26H31ClN4O6/c1-5-37-25(33)21-22(16-14-19(34-2)23(36-4)20(15-16)35-3)28-26(29-24(21)32)31-12-10-30(11-13-31)18-8-6-17(27)7-9-18/h6-9,14-15,21-22H,5,10-13H2,1-4H3,(H,28,29,32)/t21-,22-/m1/s1. The van der Waals surface area contributed by atoms with Crippen LogP contribution in [0, 0.1) is 5.92 Å². The summed E-state index contributed by atoms with van der Waals surface area (Å²) in [6.07, 6.45) is 0. The van der Waals surface area contributed by atoms with E-state index in [1.165, 1.54) is 21.3 Å². The van der Waals surface area contributed by atoms with Crippen LogP contribution in [-0.4, -0.2) is 76.9 Å². The number of benzene rings is 2. The van der Waals surface area contributed by atoms with Gasteiger partial charge in [0.2, 0.25) is 17.6 Å². The number of carbonyl (C=O) groups is 2. The molecule has 0 spiro atoms. The molecule has 2 aliphatic heterocycles. The maximum Gasteiger partial charge on any atom is 0.321 e. The van der Waals surface area contributed by atoms with Crippen LogP contribution in [0.3, 0.4) is 0 Å². The molecule has 11 heteroatoms. The third kappa shape index (κ3) is 5.53. The maximum absolute atomic E-state index is 13.3. The van der Waals surface area contributed by atoms with Crippen LogP contribution in [0.15, 0.2) is 41.4 Å². The zero-order chi connectivity index (χ0) is 26.5. The largest absolute Gasteiger partial charge is 0.493 e. The topological polar surface area (TPSA) is 102 Å². The Labute approximate surface area is 221 Å². The van der Waals surface area contributed by atoms with Crippen molar-refractivity contribution in [2.24, 2.45) is 10.9 Å². The SMILES string of the molecule is CCOC(=O)[C@H]1C(=O)NC(N2CCN(c3ccc(Cl)cc3)CC2)=N[C@@H]1c1cc(OC)c(OC)c(OC)c1. The number of nitrogens with zero attached hydrogens (tertiary/aromatic N) is 3. The number of anilines is 1. The van der Waals surface area contributed by atoms with Gasteiger partial charge in [0.15, 0.2) is 17.4 Å². The number of esters is 1. The molecule has 1 amide bonds. The summed E-state index contributed by atoms with van der Waals surface area (Å²) < 4.78 is 21.6. The van der Waals surface area contributed by atoms with E-state index in [1.807, 2.05) is 29.2 Å². The molecule has 0 saturated carbocycles. The highest BCUT2D eigenvalue weighted by Gasteiger charge is 2.43. The van der Waals surface area contributed by atoms with Crippen molar-refractivity contribution in [3.05, 3.63) is 47.0 Å². The molecule has 0 aromatic heterocycles. The van der Waals surface area contributed by atoms with Crippen LogP contribution in [0.4, 0.5) is 5.69 Å².